The van der Waals surface area contributed by atoms with Gasteiger partial charge < -0.3 is 4.57 Å². The molecule has 0 radical (unpaired) electrons. The molecule has 3 aromatic heterocycles. The van der Waals surface area contributed by atoms with Gasteiger partial charge >= 0.3 is 0 Å². The molecule has 0 atom stereocenters. The number of aromatic nitrogens is 4. The Morgan fingerprint density at radius 2 is 0.873 bits per heavy atom. The number of fused-ring (bicyclic) bond motifs is 6. The Hall–Kier alpha value is -9.06. The highest BCUT2D eigenvalue weighted by Crippen LogP contribution is 2.40. The molecule has 2 aliphatic carbocycles. The zero-order valence-electron chi connectivity index (χ0n) is 38.8. The van der Waals surface area contributed by atoms with E-state index in [-0.39, 0.29) is 6.71 Å². The van der Waals surface area contributed by atoms with Crippen LogP contribution in [0.1, 0.15) is 22.3 Å². The number of hydrogen-bond donors (Lipinski definition) is 0. The fourth-order valence-electron chi connectivity index (χ4n) is 12.1. The Labute approximate surface area is 411 Å². The molecule has 2 aliphatic rings. The molecule has 15 rings (SSSR count). The first-order valence-electron chi connectivity index (χ1n) is 24.7. The van der Waals surface area contributed by atoms with E-state index < -0.39 is 0 Å². The van der Waals surface area contributed by atoms with E-state index in [9.17, 15) is 0 Å². The van der Waals surface area contributed by atoms with Gasteiger partial charge in [0, 0.05) is 38.4 Å². The van der Waals surface area contributed by atoms with Gasteiger partial charge in [-0.05, 0) is 99.1 Å². The maximum Gasteiger partial charge on any atom is 0.241 e. The summed E-state index contributed by atoms with van der Waals surface area (Å²) in [5, 5.41) is 10.0. The van der Waals surface area contributed by atoms with Crippen molar-refractivity contribution in [1.82, 2.24) is 19.1 Å². The van der Waals surface area contributed by atoms with Crippen molar-refractivity contribution in [3.8, 4) is 34.2 Å². The summed E-state index contributed by atoms with van der Waals surface area (Å²) in [7, 11) is 0. The molecule has 0 N–H and O–H groups in total. The second kappa shape index (κ2) is 15.7. The van der Waals surface area contributed by atoms with Crippen LogP contribution in [-0.2, 0) is 12.8 Å². The van der Waals surface area contributed by atoms with E-state index in [4.69, 9.17) is 9.97 Å². The van der Waals surface area contributed by atoms with Crippen LogP contribution in [0.15, 0.2) is 224 Å². The molecule has 0 bridgehead atoms. The summed E-state index contributed by atoms with van der Waals surface area (Å²) in [6, 6.07) is 78.1. The number of para-hydroxylation sites is 2. The van der Waals surface area contributed by atoms with Crippen LogP contribution in [0.25, 0.3) is 111 Å². The van der Waals surface area contributed by atoms with Gasteiger partial charge in [0.2, 0.25) is 12.7 Å². The maximum atomic E-state index is 5.35. The predicted octanol–water partition coefficient (Wildman–Crippen LogP) is 14.0. The third kappa shape index (κ3) is 6.33. The van der Waals surface area contributed by atoms with E-state index in [1.807, 2.05) is 12.1 Å². The van der Waals surface area contributed by atoms with Crippen LogP contribution in [0.4, 0.5) is 0 Å². The largest absolute Gasteiger partial charge is 0.309 e. The summed E-state index contributed by atoms with van der Waals surface area (Å²) in [5.74, 6) is 0.641. The van der Waals surface area contributed by atoms with Crippen LogP contribution in [0.2, 0.25) is 0 Å². The van der Waals surface area contributed by atoms with Crippen LogP contribution in [0.5, 0.6) is 0 Å². The maximum absolute atomic E-state index is 5.35. The summed E-state index contributed by atoms with van der Waals surface area (Å²) >= 11 is 0. The molecule has 0 saturated carbocycles. The van der Waals surface area contributed by atoms with E-state index in [1.165, 1.54) is 71.0 Å². The molecular formula is C66H43BN4. The van der Waals surface area contributed by atoms with Crippen LogP contribution in [0, 0.1) is 0 Å². The van der Waals surface area contributed by atoms with Crippen LogP contribution >= 0.6 is 0 Å². The molecule has 5 heteroatoms. The highest BCUT2D eigenvalue weighted by atomic mass is 15.2. The van der Waals surface area contributed by atoms with E-state index in [1.54, 1.807) is 0 Å². The number of hydrogen-bond acceptors (Lipinski definition) is 2. The van der Waals surface area contributed by atoms with Gasteiger partial charge in [-0.1, -0.05) is 211 Å². The van der Waals surface area contributed by atoms with Crippen LogP contribution < -0.4 is 16.4 Å². The number of nitrogens with zero attached hydrogens (tertiary/aromatic N) is 4. The zero-order chi connectivity index (χ0) is 46.6. The molecule has 71 heavy (non-hydrogen) atoms. The lowest BCUT2D eigenvalue weighted by Gasteiger charge is -2.22. The van der Waals surface area contributed by atoms with Crippen molar-refractivity contribution in [2.45, 2.75) is 12.8 Å². The average Bonchev–Trinajstić information content (AvgIpc) is 3.93. The van der Waals surface area contributed by atoms with Crippen molar-refractivity contribution in [2.24, 2.45) is 0 Å². The van der Waals surface area contributed by atoms with E-state index in [2.05, 4.69) is 234 Å². The van der Waals surface area contributed by atoms with Crippen molar-refractivity contribution < 1.29 is 0 Å². The number of allylic oxidation sites excluding steroid dienone is 2. The Balaban J connectivity index is 0.960. The fraction of sp³-hybridized carbons (Fsp3) is 0.0303. The normalized spacial score (nSPS) is 12.8. The lowest BCUT2D eigenvalue weighted by Crippen LogP contribution is -2.52. The highest BCUT2D eigenvalue weighted by molar-refractivity contribution is 6.95. The zero-order valence-corrected chi connectivity index (χ0v) is 38.8. The van der Waals surface area contributed by atoms with E-state index in [0.717, 1.165) is 73.9 Å². The second-order valence-electron chi connectivity index (χ2n) is 19.3. The Morgan fingerprint density at radius 3 is 1.45 bits per heavy atom. The van der Waals surface area contributed by atoms with Crippen molar-refractivity contribution in [3.05, 3.63) is 247 Å². The van der Waals surface area contributed by atoms with Gasteiger partial charge in [-0.3, -0.25) is 4.57 Å². The molecule has 13 aromatic rings. The molecular weight excluding hydrogens is 860 g/mol. The van der Waals surface area contributed by atoms with Gasteiger partial charge in [-0.15, -0.1) is 0 Å². The first-order valence-corrected chi connectivity index (χ1v) is 24.7. The molecule has 330 valence electrons. The van der Waals surface area contributed by atoms with Gasteiger partial charge in [0.05, 0.1) is 33.5 Å². The summed E-state index contributed by atoms with van der Waals surface area (Å²) < 4.78 is 4.75. The minimum atomic E-state index is -0.0283. The quantitative estimate of drug-likeness (QED) is 0.149. The lowest BCUT2D eigenvalue weighted by atomic mass is 9.36. The number of rotatable bonds is 7. The molecule has 0 unspecified atom stereocenters. The third-order valence-corrected chi connectivity index (χ3v) is 15.2. The molecule has 0 spiro atoms. The molecule has 10 aromatic carbocycles. The van der Waals surface area contributed by atoms with Crippen molar-refractivity contribution in [3.63, 3.8) is 0 Å². The molecule has 0 fully saturated rings. The first-order chi connectivity index (χ1) is 35.2. The van der Waals surface area contributed by atoms with Gasteiger partial charge in [-0.2, -0.15) is 0 Å². The van der Waals surface area contributed by atoms with Gasteiger partial charge in [0.1, 0.15) is 0 Å². The summed E-state index contributed by atoms with van der Waals surface area (Å²) in [5.41, 5.74) is 18.6. The van der Waals surface area contributed by atoms with Gasteiger partial charge in [0.25, 0.3) is 0 Å². The average molecular weight is 903 g/mol. The van der Waals surface area contributed by atoms with Crippen LogP contribution in [-0.4, -0.2) is 25.8 Å². The van der Waals surface area contributed by atoms with Crippen molar-refractivity contribution in [1.29, 1.82) is 0 Å². The number of benzene rings is 10. The second-order valence-corrected chi connectivity index (χ2v) is 19.3. The highest BCUT2D eigenvalue weighted by Gasteiger charge is 2.27. The minimum Gasteiger partial charge on any atom is -0.309 e. The van der Waals surface area contributed by atoms with Gasteiger partial charge in [-0.25, -0.2) is 9.97 Å². The topological polar surface area (TPSA) is 35.6 Å². The minimum absolute atomic E-state index is 0.0283. The standard InChI is InChI=1S/C66H43BN4/c1-3-16-42(17-4-1)58-41-59(43-18-5-2-6-19-43)69-66(68-58)71-61-33-10-8-31-55(61)57-39-62-56(40-63(57)71)54-30-7-9-32-60(54)70(62)53-29-15-28-50(38-53)67(51-34-46-24-11-20-44-21-12-25-47(35-51)64(44)46)52-36-48-26-13-22-45-23-14-27-49(37-52)65(45)48/h1-20,22,24-41H,21,23H2. The first kappa shape index (κ1) is 39.9. The molecule has 0 amide bonds. The van der Waals surface area contributed by atoms with Crippen LogP contribution in [0.3, 0.4) is 0 Å². The molecule has 0 aliphatic heterocycles. The van der Waals surface area contributed by atoms with Crippen molar-refractivity contribution in [2.75, 3.05) is 0 Å². The Bertz CT molecular complexity index is 4250. The SMILES string of the molecule is C1=Cc2cc(B(c3cccc(-n4c5ccccc5c5cc6c(cc54)c4ccccc4n6-c4nc(-c5ccccc5)cc(-c5ccccc5)n4)c3)c3cc4c5c(cccc5c3)CC=C4)cc3cccc(c23)C1. The van der Waals surface area contributed by atoms with E-state index in [0.29, 0.717) is 5.95 Å². The third-order valence-electron chi connectivity index (χ3n) is 15.2. The monoisotopic (exact) mass is 902 g/mol. The smallest absolute Gasteiger partial charge is 0.241 e. The molecule has 0 saturated heterocycles. The summed E-state index contributed by atoms with van der Waals surface area (Å²) in [6.45, 7) is -0.0283. The summed E-state index contributed by atoms with van der Waals surface area (Å²) in [6.07, 6.45) is 11.2. The molecule has 4 nitrogen and oxygen atoms in total. The Morgan fingerprint density at radius 1 is 0.366 bits per heavy atom. The predicted molar refractivity (Wildman–Crippen MR) is 300 cm³/mol. The van der Waals surface area contributed by atoms with Gasteiger partial charge in [0.15, 0.2) is 0 Å². The summed E-state index contributed by atoms with van der Waals surface area (Å²) in [4.78, 5) is 10.7. The van der Waals surface area contributed by atoms with Crippen molar-refractivity contribution >= 4 is 100 Å². The molecule has 3 heterocycles. The lowest BCUT2D eigenvalue weighted by molar-refractivity contribution is 0.996. The Kier molecular flexibility index (Phi) is 8.85. The van der Waals surface area contributed by atoms with E-state index >= 15 is 0 Å². The fourth-order valence-corrected chi connectivity index (χ4v) is 12.1.